The van der Waals surface area contributed by atoms with Gasteiger partial charge in [0.05, 0.1) is 10.6 Å². The van der Waals surface area contributed by atoms with E-state index < -0.39 is 15.8 Å². The summed E-state index contributed by atoms with van der Waals surface area (Å²) >= 11 is 0. The summed E-state index contributed by atoms with van der Waals surface area (Å²) in [7, 11) is -3.62. The second-order valence-corrected chi connectivity index (χ2v) is 6.35. The zero-order chi connectivity index (χ0) is 13.9. The van der Waals surface area contributed by atoms with Crippen molar-refractivity contribution in [1.29, 1.82) is 0 Å². The molecule has 3 N–H and O–H groups in total. The monoisotopic (exact) mass is 284 g/mol. The van der Waals surface area contributed by atoms with Crippen LogP contribution in [0.3, 0.4) is 0 Å². The minimum atomic E-state index is -3.62. The molecule has 0 unspecified atom stereocenters. The first-order valence-electron chi connectivity index (χ1n) is 6.21. The highest BCUT2D eigenvalue weighted by Crippen LogP contribution is 2.20. The molecule has 104 valence electrons. The molecule has 0 atom stereocenters. The molecule has 0 aliphatic heterocycles. The van der Waals surface area contributed by atoms with Gasteiger partial charge in [0, 0.05) is 6.54 Å². The van der Waals surface area contributed by atoms with E-state index in [1.165, 1.54) is 11.6 Å². The molecule has 0 saturated carbocycles. The van der Waals surface area contributed by atoms with Crippen LogP contribution in [-0.2, 0) is 10.0 Å². The minimum absolute atomic E-state index is 0.00759. The molecular weight excluding hydrogens is 267 g/mol. The van der Waals surface area contributed by atoms with Gasteiger partial charge in [-0.3, -0.25) is 0 Å². The summed E-state index contributed by atoms with van der Waals surface area (Å²) in [5.41, 5.74) is 6.50. The van der Waals surface area contributed by atoms with Gasteiger partial charge in [-0.05, 0) is 43.9 Å². The number of halogens is 1. The average Bonchev–Trinajstić information content (AvgIpc) is 2.85. The largest absolute Gasteiger partial charge is 0.396 e. The summed E-state index contributed by atoms with van der Waals surface area (Å²) in [6, 6.07) is 3.40. The lowest BCUT2D eigenvalue weighted by Crippen LogP contribution is -2.25. The van der Waals surface area contributed by atoms with Gasteiger partial charge in [-0.2, -0.15) is 0 Å². The summed E-state index contributed by atoms with van der Waals surface area (Å²) in [6.45, 7) is 0.353. The van der Waals surface area contributed by atoms with Crippen LogP contribution in [0.1, 0.15) is 25.7 Å². The molecule has 1 aromatic rings. The van der Waals surface area contributed by atoms with E-state index in [1.54, 1.807) is 0 Å². The van der Waals surface area contributed by atoms with E-state index in [4.69, 9.17) is 5.73 Å². The van der Waals surface area contributed by atoms with Gasteiger partial charge in [0.1, 0.15) is 5.82 Å². The highest BCUT2D eigenvalue weighted by atomic mass is 32.2. The van der Waals surface area contributed by atoms with Crippen LogP contribution in [-0.4, -0.2) is 15.0 Å². The van der Waals surface area contributed by atoms with Gasteiger partial charge in [-0.1, -0.05) is 11.6 Å². The zero-order valence-corrected chi connectivity index (χ0v) is 11.3. The molecule has 0 amide bonds. The van der Waals surface area contributed by atoms with Crippen molar-refractivity contribution in [3.8, 4) is 0 Å². The fourth-order valence-corrected chi connectivity index (χ4v) is 3.15. The Bertz CT molecular complexity index is 597. The summed E-state index contributed by atoms with van der Waals surface area (Å²) in [5, 5.41) is 0. The third kappa shape index (κ3) is 3.54. The van der Waals surface area contributed by atoms with Gasteiger partial charge in [-0.15, -0.1) is 0 Å². The Hall–Kier alpha value is -1.40. The Balaban J connectivity index is 1.99. The fraction of sp³-hybridized carbons (Fsp3) is 0.385. The molecule has 0 spiro atoms. The summed E-state index contributed by atoms with van der Waals surface area (Å²) < 4.78 is 39.4. The zero-order valence-electron chi connectivity index (χ0n) is 10.5. The Morgan fingerprint density at radius 1 is 1.37 bits per heavy atom. The van der Waals surface area contributed by atoms with Crippen LogP contribution in [0.2, 0.25) is 0 Å². The van der Waals surface area contributed by atoms with E-state index in [-0.39, 0.29) is 10.6 Å². The molecular formula is C13H17FN2O2S. The molecule has 4 nitrogen and oxygen atoms in total. The van der Waals surface area contributed by atoms with Crippen molar-refractivity contribution in [2.24, 2.45) is 0 Å². The van der Waals surface area contributed by atoms with Crippen LogP contribution in [0.15, 0.2) is 34.7 Å². The van der Waals surface area contributed by atoms with E-state index in [0.29, 0.717) is 6.54 Å². The predicted molar refractivity (Wildman–Crippen MR) is 72.6 cm³/mol. The van der Waals surface area contributed by atoms with Gasteiger partial charge >= 0.3 is 0 Å². The van der Waals surface area contributed by atoms with Crippen molar-refractivity contribution < 1.29 is 12.8 Å². The van der Waals surface area contributed by atoms with E-state index in [0.717, 1.165) is 37.8 Å². The van der Waals surface area contributed by atoms with Crippen LogP contribution >= 0.6 is 0 Å². The maximum atomic E-state index is 13.0. The number of sulfonamides is 1. The number of benzene rings is 1. The first-order chi connectivity index (χ1) is 8.99. The van der Waals surface area contributed by atoms with Crippen molar-refractivity contribution in [3.05, 3.63) is 35.7 Å². The van der Waals surface area contributed by atoms with E-state index >= 15 is 0 Å². The third-order valence-corrected chi connectivity index (χ3v) is 4.61. The molecule has 6 heteroatoms. The Morgan fingerprint density at radius 3 is 2.79 bits per heavy atom. The second kappa shape index (κ2) is 5.71. The Kier molecular flexibility index (Phi) is 4.21. The quantitative estimate of drug-likeness (QED) is 0.643. The van der Waals surface area contributed by atoms with Gasteiger partial charge in [-0.25, -0.2) is 17.5 Å². The Labute approximate surface area is 112 Å². The standard InChI is InChI=1S/C13H17FN2O2S/c14-12-6-5-11(9-13(12)15)19(17,18)16-8-7-10-3-1-2-4-10/h3,5-6,9,16H,1-2,4,7-8,15H2. The van der Waals surface area contributed by atoms with Crippen LogP contribution in [0.4, 0.5) is 10.1 Å². The van der Waals surface area contributed by atoms with Gasteiger partial charge in [0.15, 0.2) is 0 Å². The van der Waals surface area contributed by atoms with Crippen molar-refractivity contribution in [2.75, 3.05) is 12.3 Å². The molecule has 0 aromatic heterocycles. The summed E-state index contributed by atoms with van der Waals surface area (Å²) in [4.78, 5) is -0.00759. The summed E-state index contributed by atoms with van der Waals surface area (Å²) in [6.07, 6.45) is 6.15. The average molecular weight is 284 g/mol. The lowest BCUT2D eigenvalue weighted by molar-refractivity contribution is 0.580. The summed E-state index contributed by atoms with van der Waals surface area (Å²) in [5.74, 6) is -0.616. The molecule has 0 heterocycles. The van der Waals surface area contributed by atoms with E-state index in [2.05, 4.69) is 10.8 Å². The number of rotatable bonds is 5. The smallest absolute Gasteiger partial charge is 0.240 e. The SMILES string of the molecule is Nc1cc(S(=O)(=O)NCCC2=CCCC2)ccc1F. The molecule has 1 aromatic carbocycles. The minimum Gasteiger partial charge on any atom is -0.396 e. The number of allylic oxidation sites excluding steroid dienone is 1. The molecule has 2 rings (SSSR count). The van der Waals surface area contributed by atoms with Crippen molar-refractivity contribution >= 4 is 15.7 Å². The second-order valence-electron chi connectivity index (χ2n) is 4.59. The lowest BCUT2D eigenvalue weighted by atomic mass is 10.2. The van der Waals surface area contributed by atoms with Crippen LogP contribution < -0.4 is 10.5 Å². The first-order valence-corrected chi connectivity index (χ1v) is 7.70. The molecule has 0 radical (unpaired) electrons. The van der Waals surface area contributed by atoms with Crippen molar-refractivity contribution in [3.63, 3.8) is 0 Å². The predicted octanol–water partition coefficient (Wildman–Crippen LogP) is 2.19. The number of anilines is 1. The maximum Gasteiger partial charge on any atom is 0.240 e. The first kappa shape index (κ1) is 14.0. The molecule has 1 aliphatic rings. The third-order valence-electron chi connectivity index (χ3n) is 3.15. The molecule has 0 fully saturated rings. The van der Waals surface area contributed by atoms with Crippen molar-refractivity contribution in [2.45, 2.75) is 30.6 Å². The number of nitrogens with two attached hydrogens (primary N) is 1. The highest BCUT2D eigenvalue weighted by molar-refractivity contribution is 7.89. The Morgan fingerprint density at radius 2 is 2.16 bits per heavy atom. The molecule has 0 saturated heterocycles. The number of nitrogens with one attached hydrogen (secondary N) is 1. The van der Waals surface area contributed by atoms with Gasteiger partial charge < -0.3 is 5.73 Å². The fourth-order valence-electron chi connectivity index (χ4n) is 2.08. The van der Waals surface area contributed by atoms with Crippen LogP contribution in [0, 0.1) is 5.82 Å². The van der Waals surface area contributed by atoms with Crippen molar-refractivity contribution in [1.82, 2.24) is 4.72 Å². The van der Waals surface area contributed by atoms with Crippen LogP contribution in [0.25, 0.3) is 0 Å². The topological polar surface area (TPSA) is 72.2 Å². The highest BCUT2D eigenvalue weighted by Gasteiger charge is 2.15. The number of hydrogen-bond acceptors (Lipinski definition) is 3. The van der Waals surface area contributed by atoms with Gasteiger partial charge in [0.25, 0.3) is 0 Å². The lowest BCUT2D eigenvalue weighted by Gasteiger charge is -2.08. The maximum absolute atomic E-state index is 13.0. The normalized spacial score (nSPS) is 15.5. The van der Waals surface area contributed by atoms with E-state index in [1.807, 2.05) is 0 Å². The van der Waals surface area contributed by atoms with E-state index in [9.17, 15) is 12.8 Å². The molecule has 1 aliphatic carbocycles. The van der Waals surface area contributed by atoms with Crippen LogP contribution in [0.5, 0.6) is 0 Å². The number of nitrogen functional groups attached to an aromatic ring is 1. The van der Waals surface area contributed by atoms with Gasteiger partial charge in [0.2, 0.25) is 10.0 Å². The number of hydrogen-bond donors (Lipinski definition) is 2. The molecule has 0 bridgehead atoms. The molecule has 19 heavy (non-hydrogen) atoms.